The van der Waals surface area contributed by atoms with Crippen molar-refractivity contribution in [2.45, 2.75) is 26.3 Å². The van der Waals surface area contributed by atoms with Gasteiger partial charge in [-0.1, -0.05) is 25.1 Å². The predicted octanol–water partition coefficient (Wildman–Crippen LogP) is 0.213. The van der Waals surface area contributed by atoms with Crippen molar-refractivity contribution in [2.75, 3.05) is 19.7 Å². The molecule has 0 saturated carbocycles. The number of nitrogens with one attached hydrogen (secondary N) is 3. The minimum atomic E-state index is -0.647. The van der Waals surface area contributed by atoms with Crippen LogP contribution in [0.4, 0.5) is 0 Å². The van der Waals surface area contributed by atoms with Gasteiger partial charge in [0.1, 0.15) is 11.8 Å². The van der Waals surface area contributed by atoms with E-state index in [2.05, 4.69) is 16.0 Å². The topological polar surface area (TPSA) is 96.5 Å². The maximum absolute atomic E-state index is 11.7. The van der Waals surface area contributed by atoms with Crippen LogP contribution >= 0.6 is 0 Å². The summed E-state index contributed by atoms with van der Waals surface area (Å²) in [6.07, 6.45) is 0.823. The molecule has 0 spiro atoms. The summed E-state index contributed by atoms with van der Waals surface area (Å²) in [5.41, 5.74) is 0. The first-order valence-corrected chi connectivity index (χ1v) is 7.54. The molecular weight excluding hydrogens is 298 g/mol. The van der Waals surface area contributed by atoms with Crippen molar-refractivity contribution < 1.29 is 19.1 Å². The maximum atomic E-state index is 11.7. The Labute approximate surface area is 135 Å². The molecular formula is C16H23N3O4. The second kappa shape index (κ2) is 10.2. The fraction of sp³-hybridized carbons (Fsp3) is 0.438. The molecule has 1 atom stereocenters. The highest BCUT2D eigenvalue weighted by Crippen LogP contribution is 2.07. The van der Waals surface area contributed by atoms with Gasteiger partial charge in [-0.05, 0) is 25.5 Å². The number of benzene rings is 1. The Morgan fingerprint density at radius 1 is 1.09 bits per heavy atom. The second-order valence-electron chi connectivity index (χ2n) is 4.96. The fourth-order valence-corrected chi connectivity index (χ4v) is 1.65. The summed E-state index contributed by atoms with van der Waals surface area (Å²) in [6, 6.07) is 8.26. The van der Waals surface area contributed by atoms with Crippen LogP contribution in [0.5, 0.6) is 5.75 Å². The average Bonchev–Trinajstić information content (AvgIpc) is 2.56. The van der Waals surface area contributed by atoms with E-state index in [4.69, 9.17) is 4.74 Å². The molecule has 0 bridgehead atoms. The fourth-order valence-electron chi connectivity index (χ4n) is 1.65. The van der Waals surface area contributed by atoms with Crippen LogP contribution in [0.15, 0.2) is 30.3 Å². The van der Waals surface area contributed by atoms with Gasteiger partial charge >= 0.3 is 0 Å². The Morgan fingerprint density at radius 2 is 1.78 bits per heavy atom. The number of hydrogen-bond donors (Lipinski definition) is 3. The van der Waals surface area contributed by atoms with E-state index in [0.29, 0.717) is 12.3 Å². The quantitative estimate of drug-likeness (QED) is 0.606. The van der Waals surface area contributed by atoms with Crippen molar-refractivity contribution in [2.24, 2.45) is 0 Å². The van der Waals surface area contributed by atoms with Gasteiger partial charge in [0.05, 0.1) is 6.54 Å². The molecule has 1 rings (SSSR count). The number of amides is 3. The van der Waals surface area contributed by atoms with E-state index in [-0.39, 0.29) is 19.1 Å². The van der Waals surface area contributed by atoms with Gasteiger partial charge in [-0.25, -0.2) is 0 Å². The molecule has 0 radical (unpaired) electrons. The van der Waals surface area contributed by atoms with Crippen LogP contribution in [0.1, 0.15) is 20.3 Å². The third-order valence-electron chi connectivity index (χ3n) is 2.88. The molecule has 7 heteroatoms. The van der Waals surface area contributed by atoms with Gasteiger partial charge in [-0.2, -0.15) is 0 Å². The van der Waals surface area contributed by atoms with E-state index < -0.39 is 17.9 Å². The van der Waals surface area contributed by atoms with Crippen LogP contribution in [0, 0.1) is 0 Å². The Morgan fingerprint density at radius 3 is 2.43 bits per heavy atom. The van der Waals surface area contributed by atoms with E-state index >= 15 is 0 Å². The SMILES string of the molecule is CCCNC(=O)[C@@H](C)NC(=O)CNC(=O)COc1ccccc1. The summed E-state index contributed by atoms with van der Waals surface area (Å²) < 4.78 is 5.26. The molecule has 0 aromatic heterocycles. The summed E-state index contributed by atoms with van der Waals surface area (Å²) >= 11 is 0. The van der Waals surface area contributed by atoms with E-state index in [1.54, 1.807) is 31.2 Å². The van der Waals surface area contributed by atoms with Gasteiger partial charge in [0.2, 0.25) is 11.8 Å². The Bertz CT molecular complexity index is 519. The molecule has 0 saturated heterocycles. The van der Waals surface area contributed by atoms with E-state index in [1.807, 2.05) is 13.0 Å². The van der Waals surface area contributed by atoms with Crippen LogP contribution in [-0.2, 0) is 14.4 Å². The average molecular weight is 321 g/mol. The van der Waals surface area contributed by atoms with Gasteiger partial charge < -0.3 is 20.7 Å². The first-order chi connectivity index (χ1) is 11.0. The molecule has 0 heterocycles. The number of hydrogen-bond acceptors (Lipinski definition) is 4. The maximum Gasteiger partial charge on any atom is 0.258 e. The lowest BCUT2D eigenvalue weighted by molar-refractivity contribution is -0.129. The highest BCUT2D eigenvalue weighted by Gasteiger charge is 2.15. The summed E-state index contributed by atoms with van der Waals surface area (Å²) in [6.45, 7) is 3.71. The number of ether oxygens (including phenoxy) is 1. The van der Waals surface area contributed by atoms with Gasteiger partial charge in [0.15, 0.2) is 6.61 Å². The van der Waals surface area contributed by atoms with E-state index in [1.165, 1.54) is 0 Å². The van der Waals surface area contributed by atoms with Crippen molar-refractivity contribution in [3.63, 3.8) is 0 Å². The number of rotatable bonds is 9. The molecule has 1 aromatic rings. The summed E-state index contributed by atoms with van der Waals surface area (Å²) in [5.74, 6) is -0.517. The molecule has 3 amide bonds. The van der Waals surface area contributed by atoms with E-state index in [9.17, 15) is 14.4 Å². The molecule has 0 aliphatic heterocycles. The van der Waals surface area contributed by atoms with Crippen LogP contribution in [0.25, 0.3) is 0 Å². The molecule has 1 aromatic carbocycles. The third kappa shape index (κ3) is 7.85. The standard InChI is InChI=1S/C16H23N3O4/c1-3-9-17-16(22)12(2)19-14(20)10-18-15(21)11-23-13-7-5-4-6-8-13/h4-8,12H,3,9-11H2,1-2H3,(H,17,22)(H,18,21)(H,19,20)/t12-/m1/s1. The molecule has 0 unspecified atom stereocenters. The van der Waals surface area contributed by atoms with Crippen LogP contribution in [0.2, 0.25) is 0 Å². The van der Waals surface area contributed by atoms with Crippen molar-refractivity contribution in [3.05, 3.63) is 30.3 Å². The van der Waals surface area contributed by atoms with Crippen molar-refractivity contribution >= 4 is 17.7 Å². The molecule has 0 fully saturated rings. The van der Waals surface area contributed by atoms with Gasteiger partial charge in [-0.15, -0.1) is 0 Å². The lowest BCUT2D eigenvalue weighted by Crippen LogP contribution is -2.48. The summed E-state index contributed by atoms with van der Waals surface area (Å²) in [5, 5.41) is 7.62. The summed E-state index contributed by atoms with van der Waals surface area (Å²) in [7, 11) is 0. The Hall–Kier alpha value is -2.57. The number of carbonyl (C=O) groups is 3. The minimum absolute atomic E-state index is 0.177. The smallest absolute Gasteiger partial charge is 0.258 e. The van der Waals surface area contributed by atoms with Gasteiger partial charge in [0.25, 0.3) is 5.91 Å². The van der Waals surface area contributed by atoms with Crippen LogP contribution in [-0.4, -0.2) is 43.5 Å². The van der Waals surface area contributed by atoms with Crippen molar-refractivity contribution in [1.29, 1.82) is 0 Å². The Kier molecular flexibility index (Phi) is 8.20. The zero-order chi connectivity index (χ0) is 17.1. The van der Waals surface area contributed by atoms with Gasteiger partial charge in [0, 0.05) is 6.54 Å². The number of carbonyl (C=O) groups excluding carboxylic acids is 3. The molecule has 126 valence electrons. The van der Waals surface area contributed by atoms with Crippen molar-refractivity contribution in [3.8, 4) is 5.75 Å². The van der Waals surface area contributed by atoms with Gasteiger partial charge in [-0.3, -0.25) is 14.4 Å². The predicted molar refractivity (Wildman–Crippen MR) is 85.9 cm³/mol. The zero-order valence-electron chi connectivity index (χ0n) is 13.4. The molecule has 3 N–H and O–H groups in total. The van der Waals surface area contributed by atoms with E-state index in [0.717, 1.165) is 6.42 Å². The Balaban J connectivity index is 2.22. The normalized spacial score (nSPS) is 11.2. The van der Waals surface area contributed by atoms with Crippen molar-refractivity contribution in [1.82, 2.24) is 16.0 Å². The lowest BCUT2D eigenvalue weighted by atomic mass is 10.3. The lowest BCUT2D eigenvalue weighted by Gasteiger charge is -2.14. The first kappa shape index (κ1) is 18.5. The highest BCUT2D eigenvalue weighted by molar-refractivity contribution is 5.90. The molecule has 0 aliphatic carbocycles. The number of para-hydroxylation sites is 1. The molecule has 23 heavy (non-hydrogen) atoms. The van der Waals surface area contributed by atoms with Crippen LogP contribution in [0.3, 0.4) is 0 Å². The molecule has 0 aliphatic rings. The summed E-state index contributed by atoms with van der Waals surface area (Å²) in [4.78, 5) is 34.9. The largest absolute Gasteiger partial charge is 0.484 e. The van der Waals surface area contributed by atoms with Crippen LogP contribution < -0.4 is 20.7 Å². The minimum Gasteiger partial charge on any atom is -0.484 e. The monoisotopic (exact) mass is 321 g/mol. The highest BCUT2D eigenvalue weighted by atomic mass is 16.5. The third-order valence-corrected chi connectivity index (χ3v) is 2.88. The second-order valence-corrected chi connectivity index (χ2v) is 4.96. The zero-order valence-corrected chi connectivity index (χ0v) is 13.4. The first-order valence-electron chi connectivity index (χ1n) is 7.54. The molecule has 7 nitrogen and oxygen atoms in total.